The predicted octanol–water partition coefficient (Wildman–Crippen LogP) is 1.40. The molecule has 0 saturated carbocycles. The molecule has 1 aromatic heterocycles. The average Bonchev–Trinajstić information content (AvgIpc) is 2.67. The summed E-state index contributed by atoms with van der Waals surface area (Å²) >= 11 is 0. The second-order valence-corrected chi connectivity index (χ2v) is 3.99. The summed E-state index contributed by atoms with van der Waals surface area (Å²) in [6.07, 6.45) is 2.11. The number of carbonyl (C=O) groups excluding carboxylic acids is 1. The third-order valence-electron chi connectivity index (χ3n) is 2.48. The van der Waals surface area contributed by atoms with Crippen molar-refractivity contribution >= 4 is 5.78 Å². The summed E-state index contributed by atoms with van der Waals surface area (Å²) in [7, 11) is 1.55. The molecule has 90 valence electrons. The van der Waals surface area contributed by atoms with Crippen molar-refractivity contribution in [1.29, 1.82) is 0 Å². The second-order valence-electron chi connectivity index (χ2n) is 3.99. The Morgan fingerprint density at radius 1 is 1.56 bits per heavy atom. The molecule has 0 aliphatic carbocycles. The van der Waals surface area contributed by atoms with Crippen LogP contribution in [0.5, 0.6) is 0 Å². The number of methoxy groups -OCH3 is 1. The van der Waals surface area contributed by atoms with Gasteiger partial charge in [0.05, 0.1) is 6.42 Å². The minimum atomic E-state index is -0.336. The van der Waals surface area contributed by atoms with Crippen LogP contribution in [0.3, 0.4) is 0 Å². The highest BCUT2D eigenvalue weighted by Crippen LogP contribution is 2.08. The quantitative estimate of drug-likeness (QED) is 0.734. The van der Waals surface area contributed by atoms with Crippen molar-refractivity contribution in [2.24, 2.45) is 0 Å². The number of rotatable bonds is 6. The number of hydrogen-bond donors (Lipinski definition) is 0. The zero-order valence-electron chi connectivity index (χ0n) is 10.3. The van der Waals surface area contributed by atoms with E-state index in [2.05, 4.69) is 10.1 Å². The molecule has 16 heavy (non-hydrogen) atoms. The van der Waals surface area contributed by atoms with E-state index in [-0.39, 0.29) is 24.3 Å². The maximum absolute atomic E-state index is 11.8. The highest BCUT2D eigenvalue weighted by Gasteiger charge is 2.19. The van der Waals surface area contributed by atoms with Crippen molar-refractivity contribution in [1.82, 2.24) is 14.8 Å². The summed E-state index contributed by atoms with van der Waals surface area (Å²) in [6.45, 7) is 5.95. The number of ether oxygens (including phenoxy) is 1. The van der Waals surface area contributed by atoms with E-state index < -0.39 is 0 Å². The Balaban J connectivity index is 2.72. The minimum absolute atomic E-state index is 0.0555. The van der Waals surface area contributed by atoms with E-state index >= 15 is 0 Å². The molecule has 5 heteroatoms. The second kappa shape index (κ2) is 5.75. The lowest BCUT2D eigenvalue weighted by molar-refractivity contribution is -0.128. The Labute approximate surface area is 95.8 Å². The SMILES string of the molecule is CCC(OC)C(=O)Cc1ncnn1C(C)C. The molecule has 1 atom stereocenters. The number of carbonyl (C=O) groups is 1. The van der Waals surface area contributed by atoms with E-state index in [1.807, 2.05) is 20.8 Å². The van der Waals surface area contributed by atoms with Crippen LogP contribution in [-0.4, -0.2) is 33.8 Å². The summed E-state index contributed by atoms with van der Waals surface area (Å²) in [5.41, 5.74) is 0. The molecule has 0 aromatic carbocycles. The first kappa shape index (κ1) is 12.8. The van der Waals surface area contributed by atoms with Crippen LogP contribution < -0.4 is 0 Å². The fourth-order valence-electron chi connectivity index (χ4n) is 1.63. The van der Waals surface area contributed by atoms with Gasteiger partial charge in [-0.05, 0) is 20.3 Å². The lowest BCUT2D eigenvalue weighted by atomic mass is 10.1. The van der Waals surface area contributed by atoms with Gasteiger partial charge in [-0.2, -0.15) is 5.10 Å². The van der Waals surface area contributed by atoms with Crippen LogP contribution in [0.15, 0.2) is 6.33 Å². The topological polar surface area (TPSA) is 57.0 Å². The largest absolute Gasteiger partial charge is 0.374 e. The molecular weight excluding hydrogens is 206 g/mol. The summed E-state index contributed by atoms with van der Waals surface area (Å²) in [5.74, 6) is 0.760. The molecule has 0 aliphatic rings. The predicted molar refractivity (Wildman–Crippen MR) is 60.2 cm³/mol. The van der Waals surface area contributed by atoms with Crippen LogP contribution in [0.25, 0.3) is 0 Å². The van der Waals surface area contributed by atoms with Gasteiger partial charge in [-0.1, -0.05) is 6.92 Å². The highest BCUT2D eigenvalue weighted by atomic mass is 16.5. The van der Waals surface area contributed by atoms with Crippen LogP contribution in [0, 0.1) is 0 Å². The molecule has 1 aromatic rings. The van der Waals surface area contributed by atoms with E-state index in [0.29, 0.717) is 12.2 Å². The summed E-state index contributed by atoms with van der Waals surface area (Å²) in [4.78, 5) is 15.9. The first-order valence-corrected chi connectivity index (χ1v) is 5.54. The molecule has 0 N–H and O–H groups in total. The van der Waals surface area contributed by atoms with Crippen molar-refractivity contribution in [3.63, 3.8) is 0 Å². The third kappa shape index (κ3) is 2.88. The molecule has 0 fully saturated rings. The van der Waals surface area contributed by atoms with Crippen LogP contribution in [-0.2, 0) is 16.0 Å². The van der Waals surface area contributed by atoms with Gasteiger partial charge in [0.1, 0.15) is 18.3 Å². The Hall–Kier alpha value is -1.23. The number of Topliss-reactive ketones (excluding diaryl/α,β-unsaturated/α-hetero) is 1. The molecule has 0 bridgehead atoms. The van der Waals surface area contributed by atoms with Gasteiger partial charge >= 0.3 is 0 Å². The molecule has 1 heterocycles. The van der Waals surface area contributed by atoms with Gasteiger partial charge in [-0.25, -0.2) is 9.67 Å². The fraction of sp³-hybridized carbons (Fsp3) is 0.727. The number of aromatic nitrogens is 3. The standard InChI is InChI=1S/C11H19N3O2/c1-5-10(16-4)9(15)6-11-12-7-13-14(11)8(2)3/h7-8,10H,5-6H2,1-4H3. The van der Waals surface area contributed by atoms with E-state index in [4.69, 9.17) is 4.74 Å². The molecule has 0 amide bonds. The van der Waals surface area contributed by atoms with Gasteiger partial charge in [0, 0.05) is 13.2 Å². The number of ketones is 1. The van der Waals surface area contributed by atoms with Gasteiger partial charge in [0.2, 0.25) is 0 Å². The van der Waals surface area contributed by atoms with Crippen molar-refractivity contribution in [2.75, 3.05) is 7.11 Å². The molecule has 1 unspecified atom stereocenters. The highest BCUT2D eigenvalue weighted by molar-refractivity contribution is 5.84. The first-order valence-electron chi connectivity index (χ1n) is 5.54. The summed E-state index contributed by atoms with van der Waals surface area (Å²) in [5, 5.41) is 4.09. The lowest BCUT2D eigenvalue weighted by Gasteiger charge is -2.13. The van der Waals surface area contributed by atoms with Gasteiger partial charge in [0.15, 0.2) is 5.78 Å². The fourth-order valence-corrected chi connectivity index (χ4v) is 1.63. The Bertz CT molecular complexity index is 343. The molecule has 0 spiro atoms. The summed E-state index contributed by atoms with van der Waals surface area (Å²) < 4.78 is 6.87. The number of nitrogens with zero attached hydrogens (tertiary/aromatic N) is 3. The van der Waals surface area contributed by atoms with Crippen molar-refractivity contribution in [3.05, 3.63) is 12.2 Å². The molecule has 0 radical (unpaired) electrons. The van der Waals surface area contributed by atoms with Crippen molar-refractivity contribution in [2.45, 2.75) is 45.8 Å². The van der Waals surface area contributed by atoms with Gasteiger partial charge in [-0.15, -0.1) is 0 Å². The maximum atomic E-state index is 11.8. The van der Waals surface area contributed by atoms with E-state index in [0.717, 1.165) is 0 Å². The van der Waals surface area contributed by atoms with E-state index in [9.17, 15) is 4.79 Å². The van der Waals surface area contributed by atoms with Crippen LogP contribution >= 0.6 is 0 Å². The average molecular weight is 225 g/mol. The maximum Gasteiger partial charge on any atom is 0.169 e. The summed E-state index contributed by atoms with van der Waals surface area (Å²) in [6, 6.07) is 0.216. The molecule has 1 rings (SSSR count). The van der Waals surface area contributed by atoms with E-state index in [1.54, 1.807) is 11.8 Å². The molecular formula is C11H19N3O2. The van der Waals surface area contributed by atoms with E-state index in [1.165, 1.54) is 6.33 Å². The Kier molecular flexibility index (Phi) is 4.61. The normalized spacial score (nSPS) is 13.1. The van der Waals surface area contributed by atoms with Crippen molar-refractivity contribution in [3.8, 4) is 0 Å². The zero-order valence-corrected chi connectivity index (χ0v) is 10.3. The number of hydrogen-bond acceptors (Lipinski definition) is 4. The lowest BCUT2D eigenvalue weighted by Crippen LogP contribution is -2.25. The third-order valence-corrected chi connectivity index (χ3v) is 2.48. The van der Waals surface area contributed by atoms with Crippen LogP contribution in [0.1, 0.15) is 39.1 Å². The first-order chi connectivity index (χ1) is 7.60. The van der Waals surface area contributed by atoms with Gasteiger partial charge in [-0.3, -0.25) is 4.79 Å². The van der Waals surface area contributed by atoms with Gasteiger partial charge < -0.3 is 4.74 Å². The van der Waals surface area contributed by atoms with Gasteiger partial charge in [0.25, 0.3) is 0 Å². The molecule has 0 aliphatic heterocycles. The smallest absolute Gasteiger partial charge is 0.169 e. The zero-order chi connectivity index (χ0) is 12.1. The Morgan fingerprint density at radius 2 is 2.25 bits per heavy atom. The molecule has 5 nitrogen and oxygen atoms in total. The van der Waals surface area contributed by atoms with Crippen LogP contribution in [0.4, 0.5) is 0 Å². The van der Waals surface area contributed by atoms with Crippen LogP contribution in [0.2, 0.25) is 0 Å². The Morgan fingerprint density at radius 3 is 2.75 bits per heavy atom. The van der Waals surface area contributed by atoms with Crippen molar-refractivity contribution < 1.29 is 9.53 Å². The molecule has 0 saturated heterocycles. The monoisotopic (exact) mass is 225 g/mol. The minimum Gasteiger partial charge on any atom is -0.374 e.